The summed E-state index contributed by atoms with van der Waals surface area (Å²) >= 11 is 0. The molecule has 102 valence electrons. The Balaban J connectivity index is 1.96. The molecular weight excluding hydrogens is 238 g/mol. The van der Waals surface area contributed by atoms with Crippen molar-refractivity contribution in [3.63, 3.8) is 0 Å². The maximum absolute atomic E-state index is 11.8. The van der Waals surface area contributed by atoms with Crippen LogP contribution in [0.2, 0.25) is 0 Å². The molecule has 1 amide bonds. The average molecular weight is 259 g/mol. The summed E-state index contributed by atoms with van der Waals surface area (Å²) in [6.07, 6.45) is 6.35. The summed E-state index contributed by atoms with van der Waals surface area (Å²) in [5.74, 6) is 0.948. The third-order valence-electron chi connectivity index (χ3n) is 3.47. The maximum atomic E-state index is 11.8. The maximum Gasteiger partial charge on any atom is 0.244 e. The number of ether oxygens (including phenoxy) is 1. The third-order valence-corrected chi connectivity index (χ3v) is 3.47. The van der Waals surface area contributed by atoms with E-state index in [-0.39, 0.29) is 11.9 Å². The van der Waals surface area contributed by atoms with Gasteiger partial charge in [0.2, 0.25) is 5.91 Å². The van der Waals surface area contributed by atoms with Crippen LogP contribution in [0.4, 0.5) is 0 Å². The molecule has 0 saturated carbocycles. The standard InChI is InChI=1S/C16H21NO2/c1-3-14(4-2)17-16(18)8-6-12-5-7-15-13(11-12)9-10-19-15/h5-8,11,14H,3-4,9-10H2,1-2H3,(H,17,18)/b8-6+. The zero-order valence-electron chi connectivity index (χ0n) is 11.6. The van der Waals surface area contributed by atoms with Gasteiger partial charge in [0.05, 0.1) is 6.61 Å². The van der Waals surface area contributed by atoms with Crippen LogP contribution in [-0.2, 0) is 11.2 Å². The first-order valence-electron chi connectivity index (χ1n) is 6.97. The highest BCUT2D eigenvalue weighted by Crippen LogP contribution is 2.26. The van der Waals surface area contributed by atoms with Crippen molar-refractivity contribution < 1.29 is 9.53 Å². The molecular formula is C16H21NO2. The molecule has 1 N–H and O–H groups in total. The molecule has 0 fully saturated rings. The van der Waals surface area contributed by atoms with Gasteiger partial charge in [-0.1, -0.05) is 19.9 Å². The summed E-state index contributed by atoms with van der Waals surface area (Å²) in [5, 5.41) is 2.99. The first-order valence-corrected chi connectivity index (χ1v) is 6.97. The Morgan fingerprint density at radius 1 is 1.42 bits per heavy atom. The van der Waals surface area contributed by atoms with Crippen LogP contribution in [0.15, 0.2) is 24.3 Å². The molecule has 0 radical (unpaired) electrons. The quantitative estimate of drug-likeness (QED) is 0.826. The van der Waals surface area contributed by atoms with Gasteiger partial charge in [-0.15, -0.1) is 0 Å². The van der Waals surface area contributed by atoms with Crippen LogP contribution in [0.1, 0.15) is 37.8 Å². The first-order chi connectivity index (χ1) is 9.22. The van der Waals surface area contributed by atoms with E-state index in [9.17, 15) is 4.79 Å². The third kappa shape index (κ3) is 3.60. The van der Waals surface area contributed by atoms with Gasteiger partial charge in [-0.2, -0.15) is 0 Å². The van der Waals surface area contributed by atoms with Crippen LogP contribution in [-0.4, -0.2) is 18.6 Å². The van der Waals surface area contributed by atoms with Gasteiger partial charge >= 0.3 is 0 Å². The van der Waals surface area contributed by atoms with Crippen LogP contribution >= 0.6 is 0 Å². The van der Waals surface area contributed by atoms with E-state index < -0.39 is 0 Å². The van der Waals surface area contributed by atoms with Gasteiger partial charge in [0.15, 0.2) is 0 Å². The lowest BCUT2D eigenvalue weighted by Gasteiger charge is -2.12. The van der Waals surface area contributed by atoms with Crippen LogP contribution < -0.4 is 10.1 Å². The van der Waals surface area contributed by atoms with Gasteiger partial charge in [-0.05, 0) is 42.2 Å². The summed E-state index contributed by atoms with van der Waals surface area (Å²) in [7, 11) is 0. The topological polar surface area (TPSA) is 38.3 Å². The fourth-order valence-electron chi connectivity index (χ4n) is 2.22. The second-order valence-electron chi connectivity index (χ2n) is 4.82. The number of amides is 1. The number of benzene rings is 1. The molecule has 0 bridgehead atoms. The van der Waals surface area contributed by atoms with Gasteiger partial charge in [0.1, 0.15) is 5.75 Å². The Kier molecular flexibility index (Phi) is 4.61. The molecule has 0 aromatic heterocycles. The molecule has 0 atom stereocenters. The average Bonchev–Trinajstić information content (AvgIpc) is 2.89. The lowest BCUT2D eigenvalue weighted by atomic mass is 10.1. The Hall–Kier alpha value is -1.77. The molecule has 1 aliphatic rings. The minimum Gasteiger partial charge on any atom is -0.493 e. The number of nitrogens with one attached hydrogen (secondary N) is 1. The Bertz CT molecular complexity index is 476. The molecule has 1 aliphatic heterocycles. The summed E-state index contributed by atoms with van der Waals surface area (Å²) < 4.78 is 5.46. The van der Waals surface area contributed by atoms with E-state index in [0.29, 0.717) is 0 Å². The van der Waals surface area contributed by atoms with Gasteiger partial charge < -0.3 is 10.1 Å². The number of carbonyl (C=O) groups excluding carboxylic acids is 1. The van der Waals surface area contributed by atoms with Gasteiger partial charge in [-0.3, -0.25) is 4.79 Å². The predicted molar refractivity (Wildman–Crippen MR) is 77.2 cm³/mol. The van der Waals surface area contributed by atoms with Crippen molar-refractivity contribution in [2.45, 2.75) is 39.2 Å². The van der Waals surface area contributed by atoms with Gasteiger partial charge in [-0.25, -0.2) is 0 Å². The fraction of sp³-hybridized carbons (Fsp3) is 0.438. The number of rotatable bonds is 5. The normalized spacial score (nSPS) is 13.6. The van der Waals surface area contributed by atoms with E-state index in [0.717, 1.165) is 37.2 Å². The van der Waals surface area contributed by atoms with E-state index in [4.69, 9.17) is 4.74 Å². The molecule has 2 rings (SSSR count). The SMILES string of the molecule is CCC(CC)NC(=O)/C=C/c1ccc2c(c1)CCO2. The second-order valence-corrected chi connectivity index (χ2v) is 4.82. The summed E-state index contributed by atoms with van der Waals surface area (Å²) in [4.78, 5) is 11.8. The van der Waals surface area contributed by atoms with E-state index in [2.05, 4.69) is 25.2 Å². The summed E-state index contributed by atoms with van der Waals surface area (Å²) in [5.41, 5.74) is 2.27. The minimum absolute atomic E-state index is 0.0227. The Morgan fingerprint density at radius 3 is 2.95 bits per heavy atom. The van der Waals surface area contributed by atoms with Crippen molar-refractivity contribution in [3.8, 4) is 5.75 Å². The molecule has 1 aromatic carbocycles. The predicted octanol–water partition coefficient (Wildman–Crippen LogP) is 2.94. The van der Waals surface area contributed by atoms with E-state index in [1.54, 1.807) is 6.08 Å². The molecule has 19 heavy (non-hydrogen) atoms. The second kappa shape index (κ2) is 6.41. The van der Waals surface area contributed by atoms with Gasteiger partial charge in [0, 0.05) is 18.5 Å². The number of fused-ring (bicyclic) bond motifs is 1. The highest BCUT2D eigenvalue weighted by Gasteiger charge is 2.11. The van der Waals surface area contributed by atoms with Crippen molar-refractivity contribution in [3.05, 3.63) is 35.4 Å². The summed E-state index contributed by atoms with van der Waals surface area (Å²) in [6, 6.07) is 6.31. The fourth-order valence-corrected chi connectivity index (χ4v) is 2.22. The van der Waals surface area contributed by atoms with E-state index in [1.165, 1.54) is 5.56 Å². The van der Waals surface area contributed by atoms with Crippen LogP contribution in [0.3, 0.4) is 0 Å². The van der Waals surface area contributed by atoms with Crippen molar-refractivity contribution in [2.24, 2.45) is 0 Å². The molecule has 0 saturated heterocycles. The van der Waals surface area contributed by atoms with Crippen molar-refractivity contribution in [1.29, 1.82) is 0 Å². The lowest BCUT2D eigenvalue weighted by molar-refractivity contribution is -0.117. The molecule has 0 spiro atoms. The summed E-state index contributed by atoms with van der Waals surface area (Å²) in [6.45, 7) is 4.93. The zero-order chi connectivity index (χ0) is 13.7. The Morgan fingerprint density at radius 2 is 2.21 bits per heavy atom. The highest BCUT2D eigenvalue weighted by molar-refractivity contribution is 5.91. The Labute approximate surface area is 114 Å². The molecule has 0 unspecified atom stereocenters. The lowest BCUT2D eigenvalue weighted by Crippen LogP contribution is -2.32. The molecule has 1 aromatic rings. The largest absolute Gasteiger partial charge is 0.493 e. The molecule has 0 aliphatic carbocycles. The minimum atomic E-state index is -0.0227. The zero-order valence-corrected chi connectivity index (χ0v) is 11.6. The smallest absolute Gasteiger partial charge is 0.244 e. The molecule has 3 heteroatoms. The van der Waals surface area contributed by atoms with Crippen LogP contribution in [0, 0.1) is 0 Å². The van der Waals surface area contributed by atoms with Crippen molar-refractivity contribution in [1.82, 2.24) is 5.32 Å². The van der Waals surface area contributed by atoms with E-state index >= 15 is 0 Å². The monoisotopic (exact) mass is 259 g/mol. The first kappa shape index (κ1) is 13.7. The van der Waals surface area contributed by atoms with E-state index in [1.807, 2.05) is 18.2 Å². The van der Waals surface area contributed by atoms with Crippen molar-refractivity contribution in [2.75, 3.05) is 6.61 Å². The van der Waals surface area contributed by atoms with Gasteiger partial charge in [0.25, 0.3) is 0 Å². The molecule has 3 nitrogen and oxygen atoms in total. The highest BCUT2D eigenvalue weighted by atomic mass is 16.5. The number of hydrogen-bond acceptors (Lipinski definition) is 2. The molecule has 1 heterocycles. The van der Waals surface area contributed by atoms with Crippen molar-refractivity contribution >= 4 is 12.0 Å². The van der Waals surface area contributed by atoms with Crippen LogP contribution in [0.25, 0.3) is 6.08 Å². The number of carbonyl (C=O) groups is 1. The number of hydrogen-bond donors (Lipinski definition) is 1. The van der Waals surface area contributed by atoms with Crippen LogP contribution in [0.5, 0.6) is 5.75 Å².